The zero-order chi connectivity index (χ0) is 14.8. The first-order valence-corrected chi connectivity index (χ1v) is 7.21. The van der Waals surface area contributed by atoms with Gasteiger partial charge in [-0.05, 0) is 30.3 Å². The minimum absolute atomic E-state index is 0.0163. The molecule has 0 amide bonds. The smallest absolute Gasteiger partial charge is 0.337 e. The molecule has 0 aliphatic rings. The average molecular weight is 313 g/mol. The molecule has 0 bridgehead atoms. The summed E-state index contributed by atoms with van der Waals surface area (Å²) in [5.41, 5.74) is -0.0406. The van der Waals surface area contributed by atoms with Gasteiger partial charge in [0.2, 0.25) is 0 Å². The Morgan fingerprint density at radius 3 is 2.45 bits per heavy atom. The highest BCUT2D eigenvalue weighted by atomic mass is 35.5. The molecule has 1 heterocycles. The van der Waals surface area contributed by atoms with Gasteiger partial charge >= 0.3 is 5.97 Å². The lowest BCUT2D eigenvalue weighted by Gasteiger charge is -2.08. The fourth-order valence-electron chi connectivity index (χ4n) is 1.44. The van der Waals surface area contributed by atoms with E-state index in [9.17, 15) is 13.2 Å². The summed E-state index contributed by atoms with van der Waals surface area (Å²) >= 11 is 5.69. The minimum Gasteiger partial charge on any atom is -0.478 e. The van der Waals surface area contributed by atoms with Gasteiger partial charge in [0, 0.05) is 11.2 Å². The van der Waals surface area contributed by atoms with Gasteiger partial charge in [0.05, 0.1) is 22.3 Å². The number of halogens is 1. The van der Waals surface area contributed by atoms with Crippen molar-refractivity contribution in [3.8, 4) is 0 Å². The van der Waals surface area contributed by atoms with Crippen LogP contribution in [0.25, 0.3) is 0 Å². The van der Waals surface area contributed by atoms with E-state index in [1.165, 1.54) is 36.5 Å². The van der Waals surface area contributed by atoms with Crippen LogP contribution in [-0.2, 0) is 10.0 Å². The Morgan fingerprint density at radius 1 is 1.20 bits per heavy atom. The molecule has 0 aliphatic carbocycles. The van der Waals surface area contributed by atoms with Crippen LogP contribution in [0.15, 0.2) is 47.6 Å². The second-order valence-corrected chi connectivity index (χ2v) is 5.95. The lowest BCUT2D eigenvalue weighted by molar-refractivity contribution is 0.0696. The average Bonchev–Trinajstić information content (AvgIpc) is 2.39. The fourth-order valence-corrected chi connectivity index (χ4v) is 2.60. The third-order valence-electron chi connectivity index (χ3n) is 2.36. The number of anilines is 1. The van der Waals surface area contributed by atoms with E-state index in [2.05, 4.69) is 9.71 Å². The largest absolute Gasteiger partial charge is 0.478 e. The zero-order valence-corrected chi connectivity index (χ0v) is 11.5. The highest BCUT2D eigenvalue weighted by Crippen LogP contribution is 2.18. The first-order chi connectivity index (χ1) is 9.38. The van der Waals surface area contributed by atoms with Gasteiger partial charge < -0.3 is 5.11 Å². The van der Waals surface area contributed by atoms with Crippen molar-refractivity contribution >= 4 is 33.3 Å². The maximum absolute atomic E-state index is 12.1. The molecule has 0 atom stereocenters. The van der Waals surface area contributed by atoms with E-state index < -0.39 is 16.0 Å². The molecule has 0 aliphatic heterocycles. The zero-order valence-electron chi connectivity index (χ0n) is 9.95. The molecule has 0 radical (unpaired) electrons. The second-order valence-electron chi connectivity index (χ2n) is 3.83. The molecular weight excluding hydrogens is 304 g/mol. The third-order valence-corrected chi connectivity index (χ3v) is 4.01. The SMILES string of the molecule is O=C(O)c1cncc(NS(=O)(=O)c2ccc(Cl)cc2)c1. The Balaban J connectivity index is 2.31. The monoisotopic (exact) mass is 312 g/mol. The van der Waals surface area contributed by atoms with E-state index in [0.717, 1.165) is 6.20 Å². The molecule has 8 heteroatoms. The van der Waals surface area contributed by atoms with Crippen molar-refractivity contribution in [2.75, 3.05) is 4.72 Å². The lowest BCUT2D eigenvalue weighted by atomic mass is 10.3. The molecule has 1 aromatic heterocycles. The van der Waals surface area contributed by atoms with Crippen molar-refractivity contribution in [3.63, 3.8) is 0 Å². The molecule has 0 fully saturated rings. The summed E-state index contributed by atoms with van der Waals surface area (Å²) < 4.78 is 26.4. The Hall–Kier alpha value is -2.12. The van der Waals surface area contributed by atoms with Gasteiger partial charge in [0.1, 0.15) is 0 Å². The summed E-state index contributed by atoms with van der Waals surface area (Å²) in [6, 6.07) is 6.77. The number of nitrogens with one attached hydrogen (secondary N) is 1. The number of carbonyl (C=O) groups is 1. The number of aromatic carboxylic acids is 1. The second kappa shape index (κ2) is 5.48. The standard InChI is InChI=1S/C12H9ClN2O4S/c13-9-1-3-11(4-2-9)20(18,19)15-10-5-8(12(16)17)6-14-7-10/h1-7,15H,(H,16,17). The Bertz CT molecular complexity index is 744. The third kappa shape index (κ3) is 3.25. The molecule has 2 aromatic rings. The number of aromatic nitrogens is 1. The number of sulfonamides is 1. The maximum atomic E-state index is 12.1. The number of hydrogen-bond acceptors (Lipinski definition) is 4. The summed E-state index contributed by atoms with van der Waals surface area (Å²) in [6.45, 7) is 0. The molecule has 20 heavy (non-hydrogen) atoms. The van der Waals surface area contributed by atoms with Crippen LogP contribution in [0.3, 0.4) is 0 Å². The van der Waals surface area contributed by atoms with Crippen LogP contribution in [0.1, 0.15) is 10.4 Å². The van der Waals surface area contributed by atoms with Crippen LogP contribution < -0.4 is 4.72 Å². The number of carboxylic acids is 1. The maximum Gasteiger partial charge on any atom is 0.337 e. The number of carboxylic acid groups (broad SMARTS) is 1. The minimum atomic E-state index is -3.81. The van der Waals surface area contributed by atoms with Gasteiger partial charge in [-0.3, -0.25) is 9.71 Å². The van der Waals surface area contributed by atoms with E-state index in [-0.39, 0.29) is 16.1 Å². The predicted octanol–water partition coefficient (Wildman–Crippen LogP) is 2.23. The number of nitrogens with zero attached hydrogens (tertiary/aromatic N) is 1. The summed E-state index contributed by atoms with van der Waals surface area (Å²) in [7, 11) is -3.81. The molecule has 0 saturated heterocycles. The molecule has 0 spiro atoms. The van der Waals surface area contributed by atoms with E-state index in [0.29, 0.717) is 5.02 Å². The molecule has 1 aromatic carbocycles. The summed E-state index contributed by atoms with van der Waals surface area (Å²) in [5, 5.41) is 9.24. The highest BCUT2D eigenvalue weighted by Gasteiger charge is 2.15. The van der Waals surface area contributed by atoms with Crippen LogP contribution in [0.4, 0.5) is 5.69 Å². The summed E-state index contributed by atoms with van der Waals surface area (Å²) in [6.07, 6.45) is 2.35. The van der Waals surface area contributed by atoms with E-state index in [4.69, 9.17) is 16.7 Å². The molecule has 2 N–H and O–H groups in total. The van der Waals surface area contributed by atoms with Crippen molar-refractivity contribution in [2.24, 2.45) is 0 Å². The summed E-state index contributed by atoms with van der Waals surface area (Å²) in [5.74, 6) is -1.19. The van der Waals surface area contributed by atoms with Crippen LogP contribution >= 0.6 is 11.6 Å². The molecule has 0 unspecified atom stereocenters. The number of rotatable bonds is 4. The van der Waals surface area contributed by atoms with Crippen LogP contribution in [0.5, 0.6) is 0 Å². The molecular formula is C12H9ClN2O4S. The van der Waals surface area contributed by atoms with Crippen molar-refractivity contribution in [1.29, 1.82) is 0 Å². The van der Waals surface area contributed by atoms with Crippen molar-refractivity contribution in [3.05, 3.63) is 53.3 Å². The van der Waals surface area contributed by atoms with Crippen molar-refractivity contribution < 1.29 is 18.3 Å². The van der Waals surface area contributed by atoms with Crippen molar-refractivity contribution in [2.45, 2.75) is 4.90 Å². The highest BCUT2D eigenvalue weighted by molar-refractivity contribution is 7.92. The number of benzene rings is 1. The Morgan fingerprint density at radius 2 is 1.85 bits per heavy atom. The fraction of sp³-hybridized carbons (Fsp3) is 0. The van der Waals surface area contributed by atoms with Crippen LogP contribution in [0, 0.1) is 0 Å². The van der Waals surface area contributed by atoms with Crippen LogP contribution in [0.2, 0.25) is 5.02 Å². The Labute approximate surface area is 120 Å². The van der Waals surface area contributed by atoms with Gasteiger partial charge in [-0.25, -0.2) is 13.2 Å². The summed E-state index contributed by atoms with van der Waals surface area (Å²) in [4.78, 5) is 14.5. The van der Waals surface area contributed by atoms with Gasteiger partial charge in [-0.2, -0.15) is 0 Å². The Kier molecular flexibility index (Phi) is 3.91. The van der Waals surface area contributed by atoms with E-state index >= 15 is 0 Å². The molecule has 2 rings (SSSR count). The van der Waals surface area contributed by atoms with Gasteiger partial charge in [-0.15, -0.1) is 0 Å². The van der Waals surface area contributed by atoms with E-state index in [1.807, 2.05) is 0 Å². The van der Waals surface area contributed by atoms with Gasteiger partial charge in [0.15, 0.2) is 0 Å². The normalized spacial score (nSPS) is 11.1. The number of pyridine rings is 1. The molecule has 0 saturated carbocycles. The number of hydrogen-bond donors (Lipinski definition) is 2. The topological polar surface area (TPSA) is 96.4 Å². The quantitative estimate of drug-likeness (QED) is 0.902. The van der Waals surface area contributed by atoms with Gasteiger partial charge in [-0.1, -0.05) is 11.6 Å². The van der Waals surface area contributed by atoms with E-state index in [1.54, 1.807) is 0 Å². The molecule has 104 valence electrons. The van der Waals surface area contributed by atoms with Gasteiger partial charge in [0.25, 0.3) is 10.0 Å². The first kappa shape index (κ1) is 14.3. The molecule has 6 nitrogen and oxygen atoms in total. The lowest BCUT2D eigenvalue weighted by Crippen LogP contribution is -2.13. The van der Waals surface area contributed by atoms with Crippen LogP contribution in [-0.4, -0.2) is 24.5 Å². The first-order valence-electron chi connectivity index (χ1n) is 5.35. The van der Waals surface area contributed by atoms with Crippen molar-refractivity contribution in [1.82, 2.24) is 4.98 Å². The predicted molar refractivity (Wildman–Crippen MR) is 73.5 cm³/mol.